The van der Waals surface area contributed by atoms with Crippen molar-refractivity contribution in [3.63, 3.8) is 0 Å². The van der Waals surface area contributed by atoms with Crippen LogP contribution in [0.4, 0.5) is 17.2 Å². The first kappa shape index (κ1) is 25.0. The van der Waals surface area contributed by atoms with Gasteiger partial charge in [-0.05, 0) is 37.8 Å². The van der Waals surface area contributed by atoms with Crippen molar-refractivity contribution < 1.29 is 19.0 Å². The van der Waals surface area contributed by atoms with E-state index < -0.39 is 0 Å². The lowest BCUT2D eigenvalue weighted by atomic mass is 10.0. The Hall–Kier alpha value is -4.01. The van der Waals surface area contributed by atoms with Gasteiger partial charge in [-0.1, -0.05) is 0 Å². The van der Waals surface area contributed by atoms with Crippen LogP contribution in [0.15, 0.2) is 24.4 Å². The molecule has 1 saturated carbocycles. The van der Waals surface area contributed by atoms with E-state index in [1.54, 1.807) is 6.20 Å². The Morgan fingerprint density at radius 1 is 1.00 bits per heavy atom. The van der Waals surface area contributed by atoms with E-state index in [4.69, 9.17) is 19.2 Å². The second-order valence-corrected chi connectivity index (χ2v) is 10.8. The summed E-state index contributed by atoms with van der Waals surface area (Å²) in [7, 11) is 0. The second kappa shape index (κ2) is 10.5. The fourth-order valence-electron chi connectivity index (χ4n) is 5.94. The number of rotatable bonds is 6. The third-order valence-electron chi connectivity index (χ3n) is 8.19. The van der Waals surface area contributed by atoms with Gasteiger partial charge in [0.05, 0.1) is 41.1 Å². The molecule has 208 valence electrons. The van der Waals surface area contributed by atoms with Gasteiger partial charge in [-0.2, -0.15) is 5.26 Å². The Kier molecular flexibility index (Phi) is 6.57. The minimum Gasteiger partial charge on any atom is -0.485 e. The molecule has 2 saturated heterocycles. The Morgan fingerprint density at radius 3 is 2.52 bits per heavy atom. The van der Waals surface area contributed by atoms with Crippen LogP contribution in [0.25, 0.3) is 11.0 Å². The maximum Gasteiger partial charge on any atom is 0.257 e. The van der Waals surface area contributed by atoms with Gasteiger partial charge in [0.1, 0.15) is 30.7 Å². The Morgan fingerprint density at radius 2 is 1.77 bits per heavy atom. The lowest BCUT2D eigenvalue weighted by Crippen LogP contribution is -2.50. The molecule has 3 aromatic rings. The van der Waals surface area contributed by atoms with Crippen LogP contribution in [0.5, 0.6) is 11.5 Å². The number of piperidine rings is 1. The Bertz CT molecular complexity index is 1460. The van der Waals surface area contributed by atoms with E-state index in [1.165, 1.54) is 0 Å². The summed E-state index contributed by atoms with van der Waals surface area (Å²) in [6, 6.07) is 8.75. The number of pyridine rings is 1. The minimum atomic E-state index is -0.0281. The van der Waals surface area contributed by atoms with Gasteiger partial charge < -0.3 is 34.7 Å². The highest BCUT2D eigenvalue weighted by Crippen LogP contribution is 2.43. The quantitative estimate of drug-likeness (QED) is 0.428. The molecular weight excluding hydrogens is 510 g/mol. The van der Waals surface area contributed by atoms with E-state index in [1.807, 2.05) is 23.1 Å². The normalized spacial score (nSPS) is 19.8. The Labute approximate surface area is 232 Å². The van der Waals surface area contributed by atoms with Crippen molar-refractivity contribution in [1.82, 2.24) is 19.8 Å². The van der Waals surface area contributed by atoms with Crippen LogP contribution in [0.2, 0.25) is 0 Å². The number of hydrogen-bond donors (Lipinski definition) is 3. The molecule has 2 aromatic heterocycles. The van der Waals surface area contributed by atoms with Gasteiger partial charge in [0.25, 0.3) is 5.91 Å². The molecule has 0 radical (unpaired) electrons. The number of ether oxygens (including phenoxy) is 3. The molecule has 3 fully saturated rings. The summed E-state index contributed by atoms with van der Waals surface area (Å²) in [5, 5.41) is 17.3. The molecule has 1 aromatic carbocycles. The van der Waals surface area contributed by atoms with Gasteiger partial charge in [0.2, 0.25) is 0 Å². The molecule has 3 aliphatic heterocycles. The summed E-state index contributed by atoms with van der Waals surface area (Å²) in [6.07, 6.45) is 5.82. The zero-order valence-electron chi connectivity index (χ0n) is 22.4. The van der Waals surface area contributed by atoms with E-state index in [9.17, 15) is 10.1 Å². The van der Waals surface area contributed by atoms with Crippen molar-refractivity contribution in [2.75, 3.05) is 63.2 Å². The zero-order valence-corrected chi connectivity index (χ0v) is 22.4. The number of carbonyl (C=O) groups is 1. The SMILES string of the molecule is N#Cc1c[nH]c2nc(Nc3ccc(C(=O)N4CCC(N5CCOCC5)CC4)c4c3OCCO4)cc(NC3CC3)c12. The highest BCUT2D eigenvalue weighted by molar-refractivity contribution is 6.00. The summed E-state index contributed by atoms with van der Waals surface area (Å²) >= 11 is 0. The van der Waals surface area contributed by atoms with Crippen LogP contribution in [0.3, 0.4) is 0 Å². The molecule has 3 N–H and O–H groups in total. The number of amides is 1. The maximum atomic E-state index is 13.6. The van der Waals surface area contributed by atoms with E-state index in [-0.39, 0.29) is 5.91 Å². The number of H-pyrrole nitrogens is 1. The molecule has 0 bridgehead atoms. The lowest BCUT2D eigenvalue weighted by Gasteiger charge is -2.40. The van der Waals surface area contributed by atoms with Crippen molar-refractivity contribution in [3.8, 4) is 17.6 Å². The topological polar surface area (TPSA) is 128 Å². The van der Waals surface area contributed by atoms with Crippen LogP contribution >= 0.6 is 0 Å². The highest BCUT2D eigenvalue weighted by Gasteiger charge is 2.32. The fourth-order valence-corrected chi connectivity index (χ4v) is 5.94. The first-order valence-corrected chi connectivity index (χ1v) is 14.2. The van der Waals surface area contributed by atoms with Gasteiger partial charge >= 0.3 is 0 Å². The molecule has 7 rings (SSSR count). The van der Waals surface area contributed by atoms with Crippen molar-refractivity contribution in [2.24, 2.45) is 0 Å². The molecule has 1 aliphatic carbocycles. The Balaban J connectivity index is 1.13. The third-order valence-corrected chi connectivity index (χ3v) is 8.19. The number of nitriles is 1. The van der Waals surface area contributed by atoms with Crippen molar-refractivity contribution >= 4 is 34.1 Å². The number of benzene rings is 1. The van der Waals surface area contributed by atoms with Crippen LogP contribution in [0.1, 0.15) is 41.6 Å². The molecule has 11 nitrogen and oxygen atoms in total. The number of aromatic nitrogens is 2. The summed E-state index contributed by atoms with van der Waals surface area (Å²) in [4.78, 5) is 25.9. The predicted octanol–water partition coefficient (Wildman–Crippen LogP) is 3.46. The van der Waals surface area contributed by atoms with Gasteiger partial charge in [-0.3, -0.25) is 9.69 Å². The average Bonchev–Trinajstić information content (AvgIpc) is 3.73. The number of aromatic amines is 1. The molecule has 0 atom stereocenters. The van der Waals surface area contributed by atoms with Crippen LogP contribution in [0, 0.1) is 11.3 Å². The van der Waals surface area contributed by atoms with E-state index in [0.717, 1.165) is 76.1 Å². The first-order chi connectivity index (χ1) is 19.7. The lowest BCUT2D eigenvalue weighted by molar-refractivity contribution is 0.00152. The van der Waals surface area contributed by atoms with Crippen molar-refractivity contribution in [1.29, 1.82) is 5.26 Å². The van der Waals surface area contributed by atoms with E-state index in [2.05, 4.69) is 26.6 Å². The van der Waals surface area contributed by atoms with Gasteiger partial charge in [0.15, 0.2) is 11.5 Å². The van der Waals surface area contributed by atoms with Crippen LogP contribution in [-0.2, 0) is 4.74 Å². The monoisotopic (exact) mass is 543 g/mol. The maximum absolute atomic E-state index is 13.6. The summed E-state index contributed by atoms with van der Waals surface area (Å²) in [5.74, 6) is 1.56. The number of hydrogen-bond acceptors (Lipinski definition) is 9. The molecule has 40 heavy (non-hydrogen) atoms. The standard InChI is InChI=1S/C29H33N7O4/c30-16-18-17-31-28-25(18)23(32-19-1-2-19)15-24(34-28)33-22-4-3-21(26-27(22)40-14-13-39-26)29(37)36-7-5-20(6-8-36)35-9-11-38-12-10-35/h3-4,15,17,19-20H,1-2,5-14H2,(H3,31,32,33,34). The first-order valence-electron chi connectivity index (χ1n) is 14.2. The molecule has 0 unspecified atom stereocenters. The molecular formula is C29H33N7O4. The number of morpholine rings is 1. The summed E-state index contributed by atoms with van der Waals surface area (Å²) < 4.78 is 17.6. The summed E-state index contributed by atoms with van der Waals surface area (Å²) in [6.45, 7) is 5.73. The number of carbonyl (C=O) groups excluding carboxylic acids is 1. The average molecular weight is 544 g/mol. The fraction of sp³-hybridized carbons (Fsp3) is 0.483. The zero-order chi connectivity index (χ0) is 27.1. The third kappa shape index (κ3) is 4.78. The molecule has 5 heterocycles. The number of likely N-dealkylation sites (tertiary alicyclic amines) is 1. The van der Waals surface area contributed by atoms with Crippen LogP contribution < -0.4 is 20.1 Å². The molecule has 1 amide bonds. The number of fused-ring (bicyclic) bond motifs is 2. The minimum absolute atomic E-state index is 0.0281. The second-order valence-electron chi connectivity index (χ2n) is 10.8. The summed E-state index contributed by atoms with van der Waals surface area (Å²) in [5.41, 5.74) is 3.25. The predicted molar refractivity (Wildman–Crippen MR) is 149 cm³/mol. The van der Waals surface area contributed by atoms with Crippen molar-refractivity contribution in [2.45, 2.75) is 37.8 Å². The largest absolute Gasteiger partial charge is 0.485 e. The van der Waals surface area contributed by atoms with E-state index in [0.29, 0.717) is 65.1 Å². The number of nitrogens with one attached hydrogen (secondary N) is 3. The van der Waals surface area contributed by atoms with Crippen LogP contribution in [-0.4, -0.2) is 90.4 Å². The van der Waals surface area contributed by atoms with E-state index >= 15 is 0 Å². The highest BCUT2D eigenvalue weighted by atomic mass is 16.6. The van der Waals surface area contributed by atoms with Crippen molar-refractivity contribution in [3.05, 3.63) is 35.5 Å². The van der Waals surface area contributed by atoms with Gasteiger partial charge in [-0.15, -0.1) is 0 Å². The van der Waals surface area contributed by atoms with Gasteiger partial charge in [-0.25, -0.2) is 4.98 Å². The molecule has 0 spiro atoms. The number of anilines is 3. The smallest absolute Gasteiger partial charge is 0.257 e. The van der Waals surface area contributed by atoms with Gasteiger partial charge in [0, 0.05) is 50.5 Å². The number of nitrogens with zero attached hydrogens (tertiary/aromatic N) is 4. The molecule has 4 aliphatic rings. The molecule has 11 heteroatoms.